The van der Waals surface area contributed by atoms with Gasteiger partial charge in [-0.2, -0.15) is 0 Å². The molecule has 2 N–H and O–H groups in total. The lowest BCUT2D eigenvalue weighted by Gasteiger charge is -2.32. The van der Waals surface area contributed by atoms with E-state index < -0.39 is 35.3 Å². The summed E-state index contributed by atoms with van der Waals surface area (Å²) in [4.78, 5) is 49.0. The first-order valence-corrected chi connectivity index (χ1v) is 15.9. The molecule has 2 atom stereocenters. The van der Waals surface area contributed by atoms with Crippen LogP contribution in [0.5, 0.6) is 5.88 Å². The van der Waals surface area contributed by atoms with Crippen molar-refractivity contribution in [3.8, 4) is 17.0 Å². The molecule has 13 nitrogen and oxygen atoms in total. The Balaban J connectivity index is 1.58. The lowest BCUT2D eigenvalue weighted by atomic mass is 9.96. The second-order valence-electron chi connectivity index (χ2n) is 13.7. The Morgan fingerprint density at radius 2 is 1.71 bits per heavy atom. The molecule has 1 saturated heterocycles. The Kier molecular flexibility index (Phi) is 9.67. The molecular weight excluding hydrogens is 625 g/mol. The molecule has 1 aromatic carbocycles. The number of hydrogen-bond donors (Lipinski definition) is 2. The molecule has 5 rings (SSSR count). The van der Waals surface area contributed by atoms with Crippen LogP contribution in [0.25, 0.3) is 21.9 Å². The van der Waals surface area contributed by atoms with Crippen molar-refractivity contribution in [3.05, 3.63) is 35.9 Å². The maximum absolute atomic E-state index is 16.6. The summed E-state index contributed by atoms with van der Waals surface area (Å²) in [5, 5.41) is 5.86. The van der Waals surface area contributed by atoms with E-state index in [1.165, 1.54) is 17.3 Å². The second-order valence-corrected chi connectivity index (χ2v) is 13.7. The van der Waals surface area contributed by atoms with Crippen LogP contribution in [-0.4, -0.2) is 71.9 Å². The van der Waals surface area contributed by atoms with Crippen LogP contribution >= 0.6 is 0 Å². The molecule has 0 radical (unpaired) electrons. The van der Waals surface area contributed by atoms with Crippen LogP contribution in [0.4, 0.5) is 36.0 Å². The Morgan fingerprint density at radius 1 is 0.979 bits per heavy atom. The lowest BCUT2D eigenvalue weighted by Crippen LogP contribution is -2.42. The molecule has 1 fully saturated rings. The molecule has 0 unspecified atom stereocenters. The monoisotopic (exact) mass is 667 g/mol. The van der Waals surface area contributed by atoms with Gasteiger partial charge in [-0.05, 0) is 78.0 Å². The number of anilines is 3. The van der Waals surface area contributed by atoms with E-state index in [4.69, 9.17) is 23.7 Å². The molecule has 2 aliphatic rings. The van der Waals surface area contributed by atoms with Gasteiger partial charge < -0.3 is 23.7 Å². The molecule has 0 spiro atoms. The highest BCUT2D eigenvalue weighted by molar-refractivity contribution is 6.05. The van der Waals surface area contributed by atoms with Crippen molar-refractivity contribution in [1.29, 1.82) is 0 Å². The summed E-state index contributed by atoms with van der Waals surface area (Å²) >= 11 is 0. The predicted molar refractivity (Wildman–Crippen MR) is 177 cm³/mol. The number of pyridine rings is 2. The van der Waals surface area contributed by atoms with Gasteiger partial charge in [-0.3, -0.25) is 15.5 Å². The average Bonchev–Trinajstić information content (AvgIpc) is 3.43. The Bertz CT molecular complexity index is 1740. The van der Waals surface area contributed by atoms with Crippen LogP contribution in [-0.2, 0) is 18.9 Å². The molecule has 3 amide bonds. The third-order valence-corrected chi connectivity index (χ3v) is 7.74. The maximum atomic E-state index is 16.6. The van der Waals surface area contributed by atoms with E-state index in [1.807, 2.05) is 6.92 Å². The molecule has 2 aliphatic heterocycles. The first kappa shape index (κ1) is 34.6. The predicted octanol–water partition coefficient (Wildman–Crippen LogP) is 7.20. The third-order valence-electron chi connectivity index (χ3n) is 7.74. The number of hydrogen-bond acceptors (Lipinski definition) is 10. The van der Waals surface area contributed by atoms with E-state index in [0.717, 1.165) is 6.42 Å². The Labute approximate surface area is 278 Å². The van der Waals surface area contributed by atoms with Gasteiger partial charge in [0.1, 0.15) is 35.4 Å². The van der Waals surface area contributed by atoms with Crippen LogP contribution in [0.2, 0.25) is 0 Å². The minimum Gasteiger partial charge on any atom is -0.474 e. The van der Waals surface area contributed by atoms with Crippen molar-refractivity contribution >= 4 is 46.2 Å². The van der Waals surface area contributed by atoms with Crippen LogP contribution in [0.3, 0.4) is 0 Å². The number of halogens is 1. The van der Waals surface area contributed by atoms with Gasteiger partial charge in [0.15, 0.2) is 5.82 Å². The number of ether oxygens (including phenoxy) is 5. The van der Waals surface area contributed by atoms with Crippen LogP contribution in [0.15, 0.2) is 24.5 Å². The normalized spacial score (nSPS) is 17.7. The lowest BCUT2D eigenvalue weighted by molar-refractivity contribution is 0.0564. The fourth-order valence-electron chi connectivity index (χ4n) is 5.53. The van der Waals surface area contributed by atoms with Gasteiger partial charge in [0, 0.05) is 34.8 Å². The summed E-state index contributed by atoms with van der Waals surface area (Å²) in [5.41, 5.74) is -0.570. The standard InChI is InChI=1S/C34H42FN5O8/c1-9-19-16-44-17-24(19)46-30(41)38-25-13-20-12-21(26(35)27(23(20)15-36-25)39-31(42)47-33(3,4)5)22-14-37-29-28(18(22)2)40(10-11-45-29)32(43)48-34(6,7)8/h12-15,19,24H,9-11,16-17H2,1-8H3,(H,39,42)(H,36,38,41)/t19-,24-/m1/s1. The van der Waals surface area contributed by atoms with Gasteiger partial charge in [-0.25, -0.2) is 28.7 Å². The van der Waals surface area contributed by atoms with Crippen molar-refractivity contribution in [3.63, 3.8) is 0 Å². The SMILES string of the molecule is CC[C@@H]1COC[C@H]1OC(=O)Nc1cc2cc(-c3cnc4c(c3C)N(C(=O)OC(C)(C)C)CCO4)c(F)c(NC(=O)OC(C)(C)C)c2cn1. The second kappa shape index (κ2) is 13.4. The largest absolute Gasteiger partial charge is 0.474 e. The fourth-order valence-corrected chi connectivity index (χ4v) is 5.53. The molecule has 0 saturated carbocycles. The Hall–Kier alpha value is -4.72. The molecule has 2 aromatic heterocycles. The maximum Gasteiger partial charge on any atom is 0.415 e. The smallest absolute Gasteiger partial charge is 0.415 e. The van der Waals surface area contributed by atoms with Gasteiger partial charge in [0.05, 0.1) is 25.4 Å². The van der Waals surface area contributed by atoms with E-state index in [2.05, 4.69) is 20.6 Å². The summed E-state index contributed by atoms with van der Waals surface area (Å²) in [5.74, 6) is -0.344. The zero-order valence-corrected chi connectivity index (χ0v) is 28.5. The highest BCUT2D eigenvalue weighted by atomic mass is 19.1. The summed E-state index contributed by atoms with van der Waals surface area (Å²) in [7, 11) is 0. The molecule has 0 bridgehead atoms. The van der Waals surface area contributed by atoms with Gasteiger partial charge >= 0.3 is 18.3 Å². The number of carbonyl (C=O) groups excluding carboxylic acids is 3. The van der Waals surface area contributed by atoms with Crippen LogP contribution in [0.1, 0.15) is 60.5 Å². The van der Waals surface area contributed by atoms with E-state index >= 15 is 4.39 Å². The van der Waals surface area contributed by atoms with Gasteiger partial charge in [-0.1, -0.05) is 6.92 Å². The van der Waals surface area contributed by atoms with Crippen molar-refractivity contribution in [2.24, 2.45) is 5.92 Å². The first-order valence-electron chi connectivity index (χ1n) is 15.9. The molecule has 258 valence electrons. The van der Waals surface area contributed by atoms with Gasteiger partial charge in [-0.15, -0.1) is 0 Å². The molecule has 3 aromatic rings. The summed E-state index contributed by atoms with van der Waals surface area (Å²) in [6.45, 7) is 15.3. The quantitative estimate of drug-likeness (QED) is 0.267. The molecule has 4 heterocycles. The zero-order chi connectivity index (χ0) is 35.0. The number of carbonyl (C=O) groups is 3. The van der Waals surface area contributed by atoms with Crippen molar-refractivity contribution < 1.29 is 42.5 Å². The summed E-state index contributed by atoms with van der Waals surface area (Å²) in [6.07, 6.45) is 1.02. The van der Waals surface area contributed by atoms with Crippen molar-refractivity contribution in [1.82, 2.24) is 9.97 Å². The van der Waals surface area contributed by atoms with Gasteiger partial charge in [0.2, 0.25) is 5.88 Å². The minimum absolute atomic E-state index is 0.0599. The molecular formula is C34H42FN5O8. The highest BCUT2D eigenvalue weighted by Gasteiger charge is 2.33. The highest BCUT2D eigenvalue weighted by Crippen LogP contribution is 2.42. The first-order chi connectivity index (χ1) is 22.5. The molecule has 14 heteroatoms. The number of rotatable bonds is 5. The van der Waals surface area contributed by atoms with Crippen LogP contribution in [0, 0.1) is 18.7 Å². The average molecular weight is 668 g/mol. The Morgan fingerprint density at radius 3 is 2.40 bits per heavy atom. The minimum atomic E-state index is -0.875. The number of nitrogens with one attached hydrogen (secondary N) is 2. The van der Waals surface area contributed by atoms with Crippen LogP contribution < -0.4 is 20.3 Å². The van der Waals surface area contributed by atoms with E-state index in [0.29, 0.717) is 35.4 Å². The van der Waals surface area contributed by atoms with E-state index in [-0.39, 0.29) is 53.5 Å². The molecule has 0 aliphatic carbocycles. The number of aromatic nitrogens is 2. The summed E-state index contributed by atoms with van der Waals surface area (Å²) in [6, 6.07) is 3.10. The number of benzene rings is 1. The van der Waals surface area contributed by atoms with E-state index in [1.54, 1.807) is 60.6 Å². The number of fused-ring (bicyclic) bond motifs is 2. The number of amides is 3. The van der Waals surface area contributed by atoms with E-state index in [9.17, 15) is 14.4 Å². The fraction of sp³-hybridized carbons (Fsp3) is 0.500. The van der Waals surface area contributed by atoms with Gasteiger partial charge in [0.25, 0.3) is 0 Å². The van der Waals surface area contributed by atoms with Crippen molar-refractivity contribution in [2.45, 2.75) is 79.1 Å². The summed E-state index contributed by atoms with van der Waals surface area (Å²) < 4.78 is 44.4. The number of nitrogens with zero attached hydrogens (tertiary/aromatic N) is 3. The topological polar surface area (TPSA) is 150 Å². The third kappa shape index (κ3) is 7.70. The van der Waals surface area contributed by atoms with Crippen molar-refractivity contribution in [2.75, 3.05) is 41.9 Å². The zero-order valence-electron chi connectivity index (χ0n) is 28.5. The molecule has 48 heavy (non-hydrogen) atoms.